The molecular formula is C15H18ClNO5. The lowest BCUT2D eigenvalue weighted by molar-refractivity contribution is -0.154. The summed E-state index contributed by atoms with van der Waals surface area (Å²) in [7, 11) is 0. The molecule has 1 aliphatic rings. The van der Waals surface area contributed by atoms with Crippen molar-refractivity contribution in [2.45, 2.75) is 19.4 Å². The van der Waals surface area contributed by atoms with Crippen LogP contribution in [0.25, 0.3) is 0 Å². The van der Waals surface area contributed by atoms with Gasteiger partial charge in [-0.3, -0.25) is 4.79 Å². The second-order valence-corrected chi connectivity index (χ2v) is 5.37. The molecule has 1 atom stereocenters. The molecule has 1 saturated heterocycles. The molecule has 0 radical (unpaired) electrons. The number of carbonyl (C=O) groups excluding carboxylic acids is 1. The molecule has 1 N–H and O–H groups in total. The van der Waals surface area contributed by atoms with Crippen molar-refractivity contribution in [3.63, 3.8) is 0 Å². The van der Waals surface area contributed by atoms with Crippen LogP contribution in [0.5, 0.6) is 5.75 Å². The number of hydrogen-bond donors (Lipinski definition) is 1. The highest BCUT2D eigenvalue weighted by Gasteiger charge is 2.30. The number of amides is 1. The number of halogens is 1. The van der Waals surface area contributed by atoms with E-state index in [4.69, 9.17) is 26.2 Å². The monoisotopic (exact) mass is 327 g/mol. The maximum absolute atomic E-state index is 12.6. The zero-order valence-corrected chi connectivity index (χ0v) is 13.0. The van der Waals surface area contributed by atoms with Crippen LogP contribution in [0.2, 0.25) is 5.02 Å². The van der Waals surface area contributed by atoms with Gasteiger partial charge >= 0.3 is 5.97 Å². The van der Waals surface area contributed by atoms with Crippen molar-refractivity contribution >= 4 is 23.5 Å². The molecule has 22 heavy (non-hydrogen) atoms. The third kappa shape index (κ3) is 3.90. The number of carbonyl (C=O) groups is 2. The van der Waals surface area contributed by atoms with E-state index < -0.39 is 12.1 Å². The predicted molar refractivity (Wildman–Crippen MR) is 80.5 cm³/mol. The van der Waals surface area contributed by atoms with E-state index in [0.29, 0.717) is 29.5 Å². The lowest BCUT2D eigenvalue weighted by Gasteiger charge is -2.31. The van der Waals surface area contributed by atoms with E-state index in [0.717, 1.165) is 6.42 Å². The number of rotatable bonds is 5. The maximum Gasteiger partial charge on any atom is 0.334 e. The summed E-state index contributed by atoms with van der Waals surface area (Å²) in [5, 5.41) is 9.44. The van der Waals surface area contributed by atoms with Gasteiger partial charge in [0.2, 0.25) is 0 Å². The van der Waals surface area contributed by atoms with Gasteiger partial charge in [-0.2, -0.15) is 0 Å². The zero-order chi connectivity index (χ0) is 16.1. The average Bonchev–Trinajstić information content (AvgIpc) is 2.53. The van der Waals surface area contributed by atoms with Gasteiger partial charge in [-0.1, -0.05) is 18.5 Å². The summed E-state index contributed by atoms with van der Waals surface area (Å²) in [6.45, 7) is 2.99. The molecule has 0 bridgehead atoms. The Labute approximate surface area is 133 Å². The number of hydrogen-bond acceptors (Lipinski definition) is 4. The molecule has 6 nitrogen and oxygen atoms in total. The van der Waals surface area contributed by atoms with E-state index in [1.807, 2.05) is 6.92 Å². The van der Waals surface area contributed by atoms with Crippen LogP contribution < -0.4 is 4.74 Å². The normalized spacial score (nSPS) is 18.1. The Morgan fingerprint density at radius 3 is 2.95 bits per heavy atom. The van der Waals surface area contributed by atoms with Gasteiger partial charge in [-0.05, 0) is 24.6 Å². The van der Waals surface area contributed by atoms with Crippen molar-refractivity contribution in [3.05, 3.63) is 28.8 Å². The summed E-state index contributed by atoms with van der Waals surface area (Å²) in [5.41, 5.74) is 0.340. The van der Waals surface area contributed by atoms with Crippen molar-refractivity contribution in [2.24, 2.45) is 0 Å². The number of aliphatic carboxylic acids is 1. The molecule has 0 unspecified atom stereocenters. The molecule has 120 valence electrons. The fraction of sp³-hybridized carbons (Fsp3) is 0.467. The first-order valence-electron chi connectivity index (χ1n) is 7.09. The molecule has 7 heteroatoms. The second kappa shape index (κ2) is 7.47. The van der Waals surface area contributed by atoms with Crippen LogP contribution in [-0.4, -0.2) is 54.3 Å². The lowest BCUT2D eigenvalue weighted by Crippen LogP contribution is -2.48. The number of carboxylic acids is 1. The molecule has 2 rings (SSSR count). The summed E-state index contributed by atoms with van der Waals surface area (Å²) in [6, 6.07) is 4.85. The van der Waals surface area contributed by atoms with E-state index in [1.165, 1.54) is 4.90 Å². The highest BCUT2D eigenvalue weighted by molar-refractivity contribution is 6.31. The van der Waals surface area contributed by atoms with Gasteiger partial charge < -0.3 is 19.5 Å². The number of morpholine rings is 1. The van der Waals surface area contributed by atoms with E-state index in [2.05, 4.69) is 0 Å². The van der Waals surface area contributed by atoms with Crippen LogP contribution in [0.1, 0.15) is 23.7 Å². The van der Waals surface area contributed by atoms with Crippen LogP contribution in [0, 0.1) is 0 Å². The molecule has 0 aliphatic carbocycles. The van der Waals surface area contributed by atoms with Gasteiger partial charge in [0.15, 0.2) is 6.10 Å². The van der Waals surface area contributed by atoms with Gasteiger partial charge in [0.05, 0.1) is 25.3 Å². The van der Waals surface area contributed by atoms with Gasteiger partial charge in [-0.15, -0.1) is 0 Å². The van der Waals surface area contributed by atoms with Crippen molar-refractivity contribution < 1.29 is 24.2 Å². The van der Waals surface area contributed by atoms with Crippen LogP contribution in [-0.2, 0) is 9.53 Å². The highest BCUT2D eigenvalue weighted by atomic mass is 35.5. The summed E-state index contributed by atoms with van der Waals surface area (Å²) in [4.78, 5) is 25.1. The van der Waals surface area contributed by atoms with E-state index in [9.17, 15) is 9.59 Å². The first kappa shape index (κ1) is 16.6. The number of nitrogens with zero attached hydrogens (tertiary/aromatic N) is 1. The van der Waals surface area contributed by atoms with E-state index in [-0.39, 0.29) is 19.1 Å². The van der Waals surface area contributed by atoms with Crippen molar-refractivity contribution in [1.82, 2.24) is 4.90 Å². The third-order valence-electron chi connectivity index (χ3n) is 3.26. The molecule has 1 aromatic carbocycles. The molecule has 1 amide bonds. The van der Waals surface area contributed by atoms with Crippen molar-refractivity contribution in [1.29, 1.82) is 0 Å². The van der Waals surface area contributed by atoms with Crippen LogP contribution in [0.15, 0.2) is 18.2 Å². The standard InChI is InChI=1S/C15H18ClNO5/c1-2-6-21-12-4-3-10(16)8-11(12)14(18)17-5-7-22-13(9-17)15(19)20/h3-4,8,13H,2,5-7,9H2,1H3,(H,19,20)/t13-/m0/s1. The van der Waals surface area contributed by atoms with Crippen molar-refractivity contribution in [2.75, 3.05) is 26.3 Å². The zero-order valence-electron chi connectivity index (χ0n) is 12.3. The molecule has 0 aromatic heterocycles. The van der Waals surface area contributed by atoms with Crippen LogP contribution >= 0.6 is 11.6 Å². The second-order valence-electron chi connectivity index (χ2n) is 4.94. The van der Waals surface area contributed by atoms with Gasteiger partial charge in [0.25, 0.3) is 5.91 Å². The van der Waals surface area contributed by atoms with Gasteiger partial charge in [-0.25, -0.2) is 4.79 Å². The van der Waals surface area contributed by atoms with Crippen molar-refractivity contribution in [3.8, 4) is 5.75 Å². The Morgan fingerprint density at radius 2 is 2.27 bits per heavy atom. The summed E-state index contributed by atoms with van der Waals surface area (Å²) in [6.07, 6.45) is -0.188. The quantitative estimate of drug-likeness (QED) is 0.895. The maximum atomic E-state index is 12.6. The molecule has 0 saturated carbocycles. The smallest absolute Gasteiger partial charge is 0.334 e. The molecule has 0 spiro atoms. The minimum absolute atomic E-state index is 0.00784. The minimum atomic E-state index is -1.08. The highest BCUT2D eigenvalue weighted by Crippen LogP contribution is 2.25. The SMILES string of the molecule is CCCOc1ccc(Cl)cc1C(=O)N1CCO[C@H](C(=O)O)C1. The Kier molecular flexibility index (Phi) is 5.63. The Bertz CT molecular complexity index is 563. The molecule has 1 aromatic rings. The largest absolute Gasteiger partial charge is 0.493 e. The van der Waals surface area contributed by atoms with Crippen LogP contribution in [0.4, 0.5) is 0 Å². The Morgan fingerprint density at radius 1 is 1.50 bits per heavy atom. The predicted octanol–water partition coefficient (Wildman–Crippen LogP) is 2.05. The first-order valence-corrected chi connectivity index (χ1v) is 7.46. The van der Waals surface area contributed by atoms with E-state index in [1.54, 1.807) is 18.2 Å². The Balaban J connectivity index is 2.20. The molecule has 1 heterocycles. The lowest BCUT2D eigenvalue weighted by atomic mass is 10.1. The van der Waals surface area contributed by atoms with Crippen LogP contribution in [0.3, 0.4) is 0 Å². The molecule has 1 aliphatic heterocycles. The first-order chi connectivity index (χ1) is 10.5. The Hall–Kier alpha value is -1.79. The topological polar surface area (TPSA) is 76.1 Å². The van der Waals surface area contributed by atoms with Gasteiger partial charge in [0, 0.05) is 11.6 Å². The van der Waals surface area contributed by atoms with E-state index >= 15 is 0 Å². The average molecular weight is 328 g/mol. The molecule has 1 fully saturated rings. The summed E-state index contributed by atoms with van der Waals surface area (Å²) in [5.74, 6) is -0.927. The number of ether oxygens (including phenoxy) is 2. The summed E-state index contributed by atoms with van der Waals surface area (Å²) < 4.78 is 10.7. The minimum Gasteiger partial charge on any atom is -0.493 e. The molecular weight excluding hydrogens is 310 g/mol. The summed E-state index contributed by atoms with van der Waals surface area (Å²) >= 11 is 5.97. The fourth-order valence-corrected chi connectivity index (χ4v) is 2.33. The third-order valence-corrected chi connectivity index (χ3v) is 3.50. The number of benzene rings is 1. The van der Waals surface area contributed by atoms with Gasteiger partial charge in [0.1, 0.15) is 5.75 Å². The fourth-order valence-electron chi connectivity index (χ4n) is 2.16. The number of carboxylic acid groups (broad SMARTS) is 1.